The Morgan fingerprint density at radius 2 is 1.70 bits per heavy atom. The molecule has 3 rings (SSSR count). The highest BCUT2D eigenvalue weighted by atomic mass is 19.1. The minimum Gasteiger partial charge on any atom is -0.457 e. The summed E-state index contributed by atoms with van der Waals surface area (Å²) in [4.78, 5) is 12.7. The smallest absolute Gasteiger partial charge is 0.224 e. The van der Waals surface area contributed by atoms with Gasteiger partial charge in [-0.3, -0.25) is 4.79 Å². The second kappa shape index (κ2) is 13.8. The van der Waals surface area contributed by atoms with Crippen LogP contribution >= 0.6 is 0 Å². The first kappa shape index (κ1) is 28.9. The molecule has 0 aliphatic carbocycles. The molecule has 0 saturated carbocycles. The maximum absolute atomic E-state index is 14.0. The fraction of sp³-hybridized carbons (Fsp3) is 0.500. The molecule has 1 amide bonds. The summed E-state index contributed by atoms with van der Waals surface area (Å²) in [6.45, 7) is 0.457. The quantitative estimate of drug-likeness (QED) is 0.232. The second-order valence-electron chi connectivity index (χ2n) is 8.86. The third-order valence-electron chi connectivity index (χ3n) is 6.08. The van der Waals surface area contributed by atoms with Crippen LogP contribution in [-0.2, 0) is 20.7 Å². The third-order valence-corrected chi connectivity index (χ3v) is 6.08. The first-order valence-electron chi connectivity index (χ1n) is 12.1. The molecule has 0 bridgehead atoms. The number of amides is 1. The van der Waals surface area contributed by atoms with E-state index in [-0.39, 0.29) is 12.8 Å². The van der Waals surface area contributed by atoms with Gasteiger partial charge in [0.25, 0.3) is 0 Å². The zero-order valence-electron chi connectivity index (χ0n) is 20.4. The highest BCUT2D eigenvalue weighted by Gasteiger charge is 2.45. The van der Waals surface area contributed by atoms with Crippen LogP contribution in [0.1, 0.15) is 18.9 Å². The number of carbonyl (C=O) groups is 1. The molecular weight excluding hydrogens is 489 g/mol. The number of aliphatic hydroxyl groups excluding tert-OH is 5. The Morgan fingerprint density at radius 3 is 2.32 bits per heavy atom. The predicted octanol–water partition coefficient (Wildman–Crippen LogP) is 0.432. The van der Waals surface area contributed by atoms with Crippen LogP contribution in [-0.4, -0.2) is 93.7 Å². The number of rotatable bonds is 12. The Kier molecular flexibility index (Phi) is 10.8. The zero-order valence-corrected chi connectivity index (χ0v) is 20.4. The van der Waals surface area contributed by atoms with E-state index in [1.165, 1.54) is 0 Å². The van der Waals surface area contributed by atoms with Crippen LogP contribution in [0.3, 0.4) is 0 Å². The van der Waals surface area contributed by atoms with Crippen molar-refractivity contribution in [1.29, 1.82) is 0 Å². The van der Waals surface area contributed by atoms with E-state index in [4.69, 9.17) is 14.2 Å². The van der Waals surface area contributed by atoms with Crippen molar-refractivity contribution < 1.29 is 48.9 Å². The largest absolute Gasteiger partial charge is 0.457 e. The third kappa shape index (κ3) is 7.92. The van der Waals surface area contributed by atoms with Crippen LogP contribution in [0.4, 0.5) is 4.39 Å². The summed E-state index contributed by atoms with van der Waals surface area (Å²) in [6, 6.07) is 15.0. The molecule has 0 aromatic heterocycles. The lowest BCUT2D eigenvalue weighted by molar-refractivity contribution is -0.293. The Bertz CT molecular complexity index is 962. The van der Waals surface area contributed by atoms with Gasteiger partial charge in [0.15, 0.2) is 12.5 Å². The topological polar surface area (TPSA) is 158 Å². The van der Waals surface area contributed by atoms with Gasteiger partial charge in [0.05, 0.1) is 31.8 Å². The number of halogens is 1. The van der Waals surface area contributed by atoms with Crippen molar-refractivity contribution in [2.24, 2.45) is 0 Å². The summed E-state index contributed by atoms with van der Waals surface area (Å²) in [5, 5.41) is 52.5. The van der Waals surface area contributed by atoms with E-state index in [0.29, 0.717) is 17.1 Å². The van der Waals surface area contributed by atoms with E-state index in [2.05, 4.69) is 5.32 Å². The molecule has 8 atom stereocenters. The van der Waals surface area contributed by atoms with Gasteiger partial charge in [-0.15, -0.1) is 0 Å². The number of para-hydroxylation sites is 1. The lowest BCUT2D eigenvalue weighted by atomic mass is 10.0. The van der Waals surface area contributed by atoms with E-state index in [1.807, 2.05) is 30.3 Å². The van der Waals surface area contributed by atoms with Crippen LogP contribution in [0.25, 0.3) is 0 Å². The van der Waals surface area contributed by atoms with Gasteiger partial charge in [-0.2, -0.15) is 0 Å². The molecule has 10 nitrogen and oxygen atoms in total. The Labute approximate surface area is 214 Å². The van der Waals surface area contributed by atoms with Crippen LogP contribution in [0, 0.1) is 0 Å². The van der Waals surface area contributed by atoms with Gasteiger partial charge in [0.1, 0.15) is 35.9 Å². The highest BCUT2D eigenvalue weighted by molar-refractivity contribution is 5.79. The Morgan fingerprint density at radius 1 is 1.05 bits per heavy atom. The summed E-state index contributed by atoms with van der Waals surface area (Å²) in [6.07, 6.45) is -11.1. The summed E-state index contributed by atoms with van der Waals surface area (Å²) in [5.74, 6) is 0.786. The van der Waals surface area contributed by atoms with Gasteiger partial charge in [-0.25, -0.2) is 4.39 Å². The van der Waals surface area contributed by atoms with Gasteiger partial charge in [0, 0.05) is 0 Å². The predicted molar refractivity (Wildman–Crippen MR) is 130 cm³/mol. The van der Waals surface area contributed by atoms with E-state index in [0.717, 1.165) is 0 Å². The van der Waals surface area contributed by atoms with Crippen molar-refractivity contribution in [3.05, 3.63) is 60.2 Å². The number of alkyl halides is 1. The number of nitrogens with one attached hydrogen (secondary N) is 1. The molecule has 11 heteroatoms. The minimum atomic E-state index is -2.02. The number of benzene rings is 2. The first-order valence-corrected chi connectivity index (χ1v) is 12.1. The average molecular weight is 524 g/mol. The molecule has 37 heavy (non-hydrogen) atoms. The molecule has 1 heterocycles. The second-order valence-corrected chi connectivity index (χ2v) is 8.86. The zero-order chi connectivity index (χ0) is 26.9. The fourth-order valence-corrected chi connectivity index (χ4v) is 3.86. The lowest BCUT2D eigenvalue weighted by Crippen LogP contribution is -2.59. The molecule has 0 radical (unpaired) electrons. The maximum atomic E-state index is 14.0. The van der Waals surface area contributed by atoms with Crippen LogP contribution in [0.15, 0.2) is 54.6 Å². The van der Waals surface area contributed by atoms with Crippen LogP contribution < -0.4 is 10.1 Å². The number of hydrogen-bond acceptors (Lipinski definition) is 9. The van der Waals surface area contributed by atoms with Crippen molar-refractivity contribution in [1.82, 2.24) is 5.32 Å². The normalized spacial score (nSPS) is 26.2. The summed E-state index contributed by atoms with van der Waals surface area (Å²) in [7, 11) is 0. The molecule has 2 aromatic carbocycles. The Hall–Kier alpha value is -2.64. The van der Waals surface area contributed by atoms with Gasteiger partial charge in [-0.1, -0.05) is 37.3 Å². The van der Waals surface area contributed by atoms with Gasteiger partial charge >= 0.3 is 0 Å². The summed E-state index contributed by atoms with van der Waals surface area (Å²) < 4.78 is 30.3. The maximum Gasteiger partial charge on any atom is 0.224 e. The van der Waals surface area contributed by atoms with Crippen molar-refractivity contribution in [3.63, 3.8) is 0 Å². The van der Waals surface area contributed by atoms with E-state index >= 15 is 0 Å². The summed E-state index contributed by atoms with van der Waals surface area (Å²) >= 11 is 0. The first-order chi connectivity index (χ1) is 17.7. The molecule has 1 aliphatic rings. The lowest BCUT2D eigenvalue weighted by Gasteiger charge is -2.39. The number of ether oxygens (including phenoxy) is 3. The molecule has 2 unspecified atom stereocenters. The van der Waals surface area contributed by atoms with E-state index < -0.39 is 68.1 Å². The number of hydrogen-bond donors (Lipinski definition) is 6. The Balaban J connectivity index is 1.60. The monoisotopic (exact) mass is 523 g/mol. The van der Waals surface area contributed by atoms with Gasteiger partial charge < -0.3 is 45.1 Å². The van der Waals surface area contributed by atoms with Crippen molar-refractivity contribution >= 4 is 5.91 Å². The van der Waals surface area contributed by atoms with E-state index in [1.54, 1.807) is 31.2 Å². The number of aliphatic hydroxyl groups is 5. The van der Waals surface area contributed by atoms with Gasteiger partial charge in [-0.05, 0) is 36.2 Å². The number of carbonyl (C=O) groups excluding carboxylic acids is 1. The van der Waals surface area contributed by atoms with E-state index in [9.17, 15) is 34.7 Å². The molecule has 1 fully saturated rings. The average Bonchev–Trinajstić information content (AvgIpc) is 2.91. The van der Waals surface area contributed by atoms with Gasteiger partial charge in [0.2, 0.25) is 5.91 Å². The fourth-order valence-electron chi connectivity index (χ4n) is 3.86. The molecule has 204 valence electrons. The molecule has 2 aromatic rings. The highest BCUT2D eigenvalue weighted by Crippen LogP contribution is 2.25. The van der Waals surface area contributed by atoms with Crippen LogP contribution in [0.5, 0.6) is 11.5 Å². The molecule has 0 spiro atoms. The molecule has 6 N–H and O–H groups in total. The molecule has 1 saturated heterocycles. The van der Waals surface area contributed by atoms with Crippen molar-refractivity contribution in [2.45, 2.75) is 68.8 Å². The SMILES string of the molecule is CC[C@@H](O)[C@@H](O)[C@H](CO[C@H]1OC(CO)[C@H](F)C(O)[C@@H]1O)NC(=O)Cc1ccc(Oc2ccccc2)cc1. The minimum absolute atomic E-state index is 0.0472. The molecular formula is C26H34FNO9. The summed E-state index contributed by atoms with van der Waals surface area (Å²) in [5.41, 5.74) is 0.664. The standard InChI is InChI=1S/C26H34FNO9/c1-2-19(30)23(32)18(14-35-26-25(34)24(33)22(27)20(13-29)37-26)28-21(31)12-15-8-10-17(11-9-15)36-16-6-4-3-5-7-16/h3-11,18-20,22-26,29-30,32-34H,2,12-14H2,1H3,(H,28,31)/t18-,19+,20?,22-,23-,24?,25-,26-/m0/s1. The van der Waals surface area contributed by atoms with Crippen molar-refractivity contribution in [3.8, 4) is 11.5 Å². The molecule has 1 aliphatic heterocycles. The van der Waals surface area contributed by atoms with Crippen LogP contribution in [0.2, 0.25) is 0 Å². The van der Waals surface area contributed by atoms with Crippen molar-refractivity contribution in [2.75, 3.05) is 13.2 Å².